The van der Waals surface area contributed by atoms with E-state index in [0.717, 1.165) is 54.1 Å². The largest absolute Gasteiger partial charge is 0.496 e. The topological polar surface area (TPSA) is 85.4 Å². The monoisotopic (exact) mass is 670 g/mol. The molecule has 2 aromatic carbocycles. The molecule has 0 radical (unpaired) electrons. The molecule has 0 saturated heterocycles. The van der Waals surface area contributed by atoms with Gasteiger partial charge in [-0.3, -0.25) is 9.88 Å². The number of aromatic nitrogens is 1. The SMILES string of the molecule is CCC.COc1cc(-c2cc(CN(C)CCN(CC=O)CC3=CC(c4cc(OC)c(OC)c(OC)c4)NC=C3)ccn2)cc(C2CC2)c1C. The second-order valence-electron chi connectivity index (χ2n) is 12.7. The Balaban J connectivity index is 0.00000174. The Morgan fingerprint density at radius 2 is 1.61 bits per heavy atom. The highest BCUT2D eigenvalue weighted by molar-refractivity contribution is 5.66. The van der Waals surface area contributed by atoms with Crippen molar-refractivity contribution >= 4 is 6.29 Å². The molecule has 9 heteroatoms. The molecule has 5 rings (SSSR count). The third kappa shape index (κ3) is 10.1. The molecule has 1 unspecified atom stereocenters. The number of methoxy groups -OCH3 is 4. The van der Waals surface area contributed by atoms with E-state index >= 15 is 0 Å². The minimum Gasteiger partial charge on any atom is -0.496 e. The van der Waals surface area contributed by atoms with Crippen LogP contribution < -0.4 is 24.3 Å². The fraction of sp³-hybridized carbons (Fsp3) is 0.450. The summed E-state index contributed by atoms with van der Waals surface area (Å²) in [5.74, 6) is 3.33. The van der Waals surface area contributed by atoms with E-state index < -0.39 is 0 Å². The van der Waals surface area contributed by atoms with E-state index in [-0.39, 0.29) is 6.04 Å². The second kappa shape index (κ2) is 18.4. The summed E-state index contributed by atoms with van der Waals surface area (Å²) < 4.78 is 22.3. The minimum absolute atomic E-state index is 0.0794. The highest BCUT2D eigenvalue weighted by Crippen LogP contribution is 2.45. The Morgan fingerprint density at radius 1 is 0.918 bits per heavy atom. The fourth-order valence-corrected chi connectivity index (χ4v) is 6.07. The third-order valence-electron chi connectivity index (χ3n) is 8.75. The van der Waals surface area contributed by atoms with Crippen molar-refractivity contribution in [3.63, 3.8) is 0 Å². The van der Waals surface area contributed by atoms with E-state index in [2.05, 4.69) is 79.4 Å². The van der Waals surface area contributed by atoms with Crippen LogP contribution in [0.2, 0.25) is 0 Å². The third-order valence-corrected chi connectivity index (χ3v) is 8.75. The van der Waals surface area contributed by atoms with Crippen LogP contribution in [0.4, 0.5) is 0 Å². The zero-order valence-electron chi connectivity index (χ0n) is 30.5. The van der Waals surface area contributed by atoms with Crippen molar-refractivity contribution in [1.29, 1.82) is 0 Å². The van der Waals surface area contributed by atoms with Crippen molar-refractivity contribution in [2.24, 2.45) is 0 Å². The normalized spacial score (nSPS) is 15.2. The molecule has 2 aliphatic rings. The first-order valence-electron chi connectivity index (χ1n) is 17.2. The molecule has 49 heavy (non-hydrogen) atoms. The smallest absolute Gasteiger partial charge is 0.203 e. The molecule has 0 bridgehead atoms. The van der Waals surface area contributed by atoms with E-state index in [1.807, 2.05) is 24.5 Å². The van der Waals surface area contributed by atoms with Crippen molar-refractivity contribution in [2.75, 3.05) is 61.7 Å². The number of carbonyl (C=O) groups is 1. The number of rotatable bonds is 16. The molecule has 0 spiro atoms. The lowest BCUT2D eigenvalue weighted by atomic mass is 9.98. The van der Waals surface area contributed by atoms with Crippen LogP contribution >= 0.6 is 0 Å². The van der Waals surface area contributed by atoms with Gasteiger partial charge in [-0.2, -0.15) is 0 Å². The lowest BCUT2D eigenvalue weighted by Gasteiger charge is -2.27. The number of likely N-dealkylation sites (N-methyl/N-ethyl adjacent to an activating group) is 1. The van der Waals surface area contributed by atoms with Crippen LogP contribution in [0.5, 0.6) is 23.0 Å². The summed E-state index contributed by atoms with van der Waals surface area (Å²) in [4.78, 5) is 20.8. The molecular weight excluding hydrogens is 616 g/mol. The first-order valence-corrected chi connectivity index (χ1v) is 17.2. The number of pyridine rings is 1. The fourth-order valence-electron chi connectivity index (χ4n) is 6.07. The average Bonchev–Trinajstić information content (AvgIpc) is 3.96. The Kier molecular flexibility index (Phi) is 14.1. The lowest BCUT2D eigenvalue weighted by Crippen LogP contribution is -2.36. The Bertz CT molecular complexity index is 1570. The van der Waals surface area contributed by atoms with Crippen LogP contribution in [0.1, 0.15) is 67.3 Å². The molecule has 1 aromatic heterocycles. The van der Waals surface area contributed by atoms with Crippen LogP contribution in [0.15, 0.2) is 66.5 Å². The molecule has 1 saturated carbocycles. The maximum absolute atomic E-state index is 11.6. The number of hydrogen-bond donors (Lipinski definition) is 1. The van der Waals surface area contributed by atoms with Gasteiger partial charge in [0, 0.05) is 37.9 Å². The van der Waals surface area contributed by atoms with Crippen LogP contribution in [0.25, 0.3) is 11.3 Å². The zero-order chi connectivity index (χ0) is 35.3. The van der Waals surface area contributed by atoms with Crippen LogP contribution in [-0.2, 0) is 11.3 Å². The van der Waals surface area contributed by atoms with Crippen LogP contribution in [-0.4, -0.2) is 82.7 Å². The first kappa shape index (κ1) is 37.5. The summed E-state index contributed by atoms with van der Waals surface area (Å²) in [6, 6.07) is 12.5. The van der Waals surface area contributed by atoms with Gasteiger partial charge in [0.15, 0.2) is 11.5 Å². The second-order valence-corrected chi connectivity index (χ2v) is 12.7. The van der Waals surface area contributed by atoms with Gasteiger partial charge in [0.2, 0.25) is 5.75 Å². The van der Waals surface area contributed by atoms with Crippen LogP contribution in [0.3, 0.4) is 0 Å². The Hall–Kier alpha value is -4.34. The quantitative estimate of drug-likeness (QED) is 0.160. The molecule has 1 aliphatic heterocycles. The molecule has 1 N–H and O–H groups in total. The van der Waals surface area contributed by atoms with Gasteiger partial charge in [0.1, 0.15) is 12.0 Å². The van der Waals surface area contributed by atoms with Crippen molar-refractivity contribution in [3.05, 3.63) is 88.8 Å². The highest BCUT2D eigenvalue weighted by Gasteiger charge is 2.27. The van der Waals surface area contributed by atoms with E-state index in [1.54, 1.807) is 28.4 Å². The van der Waals surface area contributed by atoms with E-state index in [1.165, 1.54) is 36.0 Å². The molecule has 9 nitrogen and oxygen atoms in total. The van der Waals surface area contributed by atoms with Crippen molar-refractivity contribution in [2.45, 2.75) is 58.5 Å². The van der Waals surface area contributed by atoms with Crippen molar-refractivity contribution in [3.8, 4) is 34.3 Å². The van der Waals surface area contributed by atoms with Gasteiger partial charge in [0.05, 0.1) is 46.7 Å². The molecular formula is C40H54N4O5. The number of carbonyl (C=O) groups excluding carboxylic acids is 1. The Labute approximate surface area is 292 Å². The number of nitrogens with one attached hydrogen (secondary N) is 1. The van der Waals surface area contributed by atoms with Gasteiger partial charge in [-0.05, 0) is 109 Å². The maximum Gasteiger partial charge on any atom is 0.203 e. The lowest BCUT2D eigenvalue weighted by molar-refractivity contribution is -0.108. The van der Waals surface area contributed by atoms with Gasteiger partial charge < -0.3 is 34.0 Å². The van der Waals surface area contributed by atoms with Crippen molar-refractivity contribution in [1.82, 2.24) is 20.1 Å². The van der Waals surface area contributed by atoms with Gasteiger partial charge in [0.25, 0.3) is 0 Å². The molecule has 2 heterocycles. The predicted octanol–water partition coefficient (Wildman–Crippen LogP) is 7.10. The predicted molar refractivity (Wildman–Crippen MR) is 197 cm³/mol. The number of hydrogen-bond acceptors (Lipinski definition) is 9. The van der Waals surface area contributed by atoms with Gasteiger partial charge in [-0.15, -0.1) is 0 Å². The zero-order valence-corrected chi connectivity index (χ0v) is 30.5. The van der Waals surface area contributed by atoms with E-state index in [0.29, 0.717) is 36.3 Å². The number of dihydropyridines is 1. The summed E-state index contributed by atoms with van der Waals surface area (Å²) >= 11 is 0. The summed E-state index contributed by atoms with van der Waals surface area (Å²) in [6.07, 6.45) is 12.8. The number of benzene rings is 2. The van der Waals surface area contributed by atoms with Gasteiger partial charge >= 0.3 is 0 Å². The van der Waals surface area contributed by atoms with Crippen molar-refractivity contribution < 1.29 is 23.7 Å². The highest BCUT2D eigenvalue weighted by atomic mass is 16.5. The summed E-state index contributed by atoms with van der Waals surface area (Å²) in [6.45, 7) is 9.75. The number of nitrogens with zero attached hydrogens (tertiary/aromatic N) is 3. The number of aldehydes is 1. The molecule has 1 aliphatic carbocycles. The molecule has 1 fully saturated rings. The van der Waals surface area contributed by atoms with Crippen LogP contribution in [0, 0.1) is 6.92 Å². The number of ether oxygens (including phenoxy) is 4. The minimum atomic E-state index is -0.0794. The van der Waals surface area contributed by atoms with E-state index in [9.17, 15) is 4.79 Å². The molecule has 0 amide bonds. The standard InChI is InChI=1S/C37H46N4O5.C3H8/c1-25-31(28-7-8-28)19-29(20-34(25)43-3)32-17-26(9-11-38-32)23-40(2)13-14-41(15-16-42)24-27-10-12-39-33(18-27)30-21-35(44-4)37(46-6)36(22-30)45-5;1-3-2/h9-12,16-22,28,33,39H,7-8,13-15,23-24H2,1-6H3;3H2,1-2H3. The molecule has 264 valence electrons. The summed E-state index contributed by atoms with van der Waals surface area (Å²) in [7, 11) is 8.68. The average molecular weight is 671 g/mol. The van der Waals surface area contributed by atoms with Gasteiger partial charge in [-0.25, -0.2) is 0 Å². The Morgan fingerprint density at radius 3 is 2.22 bits per heavy atom. The summed E-state index contributed by atoms with van der Waals surface area (Å²) in [5, 5.41) is 3.41. The maximum atomic E-state index is 11.6. The van der Waals surface area contributed by atoms with E-state index in [4.69, 9.17) is 23.9 Å². The summed E-state index contributed by atoms with van der Waals surface area (Å²) in [5.41, 5.74) is 7.97. The molecule has 1 atom stereocenters. The first-order chi connectivity index (χ1) is 23.8. The van der Waals surface area contributed by atoms with Gasteiger partial charge in [-0.1, -0.05) is 26.3 Å². The molecule has 3 aromatic rings.